The van der Waals surface area contributed by atoms with Crippen molar-refractivity contribution in [2.24, 2.45) is 0 Å². The molecule has 3 aromatic carbocycles. The summed E-state index contributed by atoms with van der Waals surface area (Å²) in [5.41, 5.74) is 1.04. The van der Waals surface area contributed by atoms with Crippen molar-refractivity contribution in [1.82, 2.24) is 9.21 Å². The number of hydrogen-bond donors (Lipinski definition) is 0. The average molecular weight is 411 g/mol. The number of non-ortho nitro benzene ring substituents is 1. The Balaban J connectivity index is 1.42. The second-order valence-corrected chi connectivity index (χ2v) is 9.05. The van der Waals surface area contributed by atoms with Gasteiger partial charge in [-0.3, -0.25) is 15.0 Å². The van der Waals surface area contributed by atoms with Gasteiger partial charge >= 0.3 is 0 Å². The highest BCUT2D eigenvalue weighted by atomic mass is 32.2. The number of benzene rings is 3. The van der Waals surface area contributed by atoms with E-state index in [1.165, 1.54) is 16.4 Å². The first-order chi connectivity index (χ1) is 13.9. The van der Waals surface area contributed by atoms with E-state index in [0.717, 1.165) is 16.3 Å². The lowest BCUT2D eigenvalue weighted by molar-refractivity contribution is -0.384. The van der Waals surface area contributed by atoms with Gasteiger partial charge in [0.15, 0.2) is 0 Å². The lowest BCUT2D eigenvalue weighted by atomic mass is 10.1. The number of rotatable bonds is 5. The minimum Gasteiger partial charge on any atom is -0.296 e. The number of nitro benzene ring substituents is 1. The fraction of sp³-hybridized carbons (Fsp3) is 0.238. The van der Waals surface area contributed by atoms with Crippen LogP contribution in [0, 0.1) is 10.1 Å². The van der Waals surface area contributed by atoms with Gasteiger partial charge in [0, 0.05) is 44.9 Å². The van der Waals surface area contributed by atoms with Crippen molar-refractivity contribution >= 4 is 26.5 Å². The molecule has 1 aliphatic rings. The molecule has 0 unspecified atom stereocenters. The van der Waals surface area contributed by atoms with Gasteiger partial charge in [-0.05, 0) is 28.5 Å². The van der Waals surface area contributed by atoms with E-state index in [4.69, 9.17) is 0 Å². The zero-order valence-electron chi connectivity index (χ0n) is 15.8. The van der Waals surface area contributed by atoms with E-state index in [0.29, 0.717) is 37.6 Å². The predicted octanol–water partition coefficient (Wildman–Crippen LogP) is 3.25. The van der Waals surface area contributed by atoms with Gasteiger partial charge in [0.2, 0.25) is 10.0 Å². The molecule has 3 aromatic rings. The van der Waals surface area contributed by atoms with E-state index >= 15 is 0 Å². The lowest BCUT2D eigenvalue weighted by Crippen LogP contribution is -2.48. The molecule has 0 radical (unpaired) electrons. The normalized spacial score (nSPS) is 16.1. The molecule has 0 N–H and O–H groups in total. The predicted molar refractivity (Wildman–Crippen MR) is 111 cm³/mol. The van der Waals surface area contributed by atoms with Gasteiger partial charge in [-0.2, -0.15) is 4.31 Å². The monoisotopic (exact) mass is 411 g/mol. The lowest BCUT2D eigenvalue weighted by Gasteiger charge is -2.34. The topological polar surface area (TPSA) is 83.8 Å². The van der Waals surface area contributed by atoms with E-state index in [1.54, 1.807) is 24.3 Å². The maximum atomic E-state index is 13.0. The fourth-order valence-corrected chi connectivity index (χ4v) is 5.04. The van der Waals surface area contributed by atoms with Crippen molar-refractivity contribution in [3.8, 4) is 0 Å². The summed E-state index contributed by atoms with van der Waals surface area (Å²) in [6.07, 6.45) is 0. The van der Waals surface area contributed by atoms with E-state index < -0.39 is 14.9 Å². The van der Waals surface area contributed by atoms with Crippen LogP contribution in [-0.4, -0.2) is 48.7 Å². The van der Waals surface area contributed by atoms with Crippen LogP contribution < -0.4 is 0 Å². The number of nitro groups is 1. The summed E-state index contributed by atoms with van der Waals surface area (Å²) in [5.74, 6) is 0. The number of fused-ring (bicyclic) bond motifs is 1. The number of nitrogens with zero attached hydrogens (tertiary/aromatic N) is 3. The molecule has 0 aromatic heterocycles. The van der Waals surface area contributed by atoms with E-state index in [-0.39, 0.29) is 5.69 Å². The summed E-state index contributed by atoms with van der Waals surface area (Å²) in [6.45, 7) is 2.71. The molecule has 0 bridgehead atoms. The minimum absolute atomic E-state index is 0.0695. The Morgan fingerprint density at radius 2 is 1.52 bits per heavy atom. The second kappa shape index (κ2) is 7.90. The summed E-state index contributed by atoms with van der Waals surface area (Å²) in [6, 6.07) is 19.4. The Hall–Kier alpha value is -2.81. The second-order valence-electron chi connectivity index (χ2n) is 7.11. The van der Waals surface area contributed by atoms with Crippen LogP contribution >= 0.6 is 0 Å². The summed E-state index contributed by atoms with van der Waals surface area (Å²) in [4.78, 5) is 12.8. The maximum absolute atomic E-state index is 13.0. The number of hydrogen-bond acceptors (Lipinski definition) is 5. The van der Waals surface area contributed by atoms with Crippen molar-refractivity contribution in [1.29, 1.82) is 0 Å². The molecule has 0 saturated carbocycles. The van der Waals surface area contributed by atoms with Crippen molar-refractivity contribution in [2.45, 2.75) is 11.4 Å². The molecule has 8 heteroatoms. The van der Waals surface area contributed by atoms with E-state index in [1.807, 2.05) is 30.3 Å². The molecule has 1 heterocycles. The molecule has 29 heavy (non-hydrogen) atoms. The Labute approximate surface area is 169 Å². The third-order valence-corrected chi connectivity index (χ3v) is 7.14. The number of sulfonamides is 1. The van der Waals surface area contributed by atoms with E-state index in [9.17, 15) is 18.5 Å². The SMILES string of the molecule is O=[N+]([O-])c1ccc(CN2CCN(S(=O)(=O)c3ccc4ccccc4c3)CC2)cc1. The molecule has 1 fully saturated rings. The zero-order chi connectivity index (χ0) is 20.4. The highest BCUT2D eigenvalue weighted by molar-refractivity contribution is 7.89. The number of piperazine rings is 1. The van der Waals surface area contributed by atoms with Crippen LogP contribution in [0.15, 0.2) is 71.6 Å². The molecule has 4 rings (SSSR count). The molecule has 1 saturated heterocycles. The first-order valence-electron chi connectivity index (χ1n) is 9.38. The van der Waals surface area contributed by atoms with Crippen molar-refractivity contribution < 1.29 is 13.3 Å². The molecule has 0 amide bonds. The van der Waals surface area contributed by atoms with Crippen molar-refractivity contribution in [3.05, 3.63) is 82.4 Å². The molecular formula is C21H21N3O4S. The van der Waals surface area contributed by atoms with Crippen LogP contribution in [0.3, 0.4) is 0 Å². The summed E-state index contributed by atoms with van der Waals surface area (Å²) >= 11 is 0. The molecular weight excluding hydrogens is 390 g/mol. The van der Waals surface area contributed by atoms with Gasteiger partial charge in [0.05, 0.1) is 9.82 Å². The van der Waals surface area contributed by atoms with Crippen LogP contribution in [0.2, 0.25) is 0 Å². The average Bonchev–Trinajstić information content (AvgIpc) is 2.74. The highest BCUT2D eigenvalue weighted by Gasteiger charge is 2.28. The van der Waals surface area contributed by atoms with Gasteiger partial charge in [-0.15, -0.1) is 0 Å². The third kappa shape index (κ3) is 4.14. The molecule has 1 aliphatic heterocycles. The van der Waals surface area contributed by atoms with Crippen molar-refractivity contribution in [2.75, 3.05) is 26.2 Å². The smallest absolute Gasteiger partial charge is 0.269 e. The Bertz CT molecular complexity index is 1140. The third-order valence-electron chi connectivity index (χ3n) is 5.24. The molecule has 0 atom stereocenters. The van der Waals surface area contributed by atoms with Crippen LogP contribution in [0.4, 0.5) is 5.69 Å². The fourth-order valence-electron chi connectivity index (χ4n) is 3.59. The summed E-state index contributed by atoms with van der Waals surface area (Å²) in [5, 5.41) is 12.7. The molecule has 150 valence electrons. The van der Waals surface area contributed by atoms with Crippen molar-refractivity contribution in [3.63, 3.8) is 0 Å². The largest absolute Gasteiger partial charge is 0.296 e. The first kappa shape index (κ1) is 19.5. The van der Waals surface area contributed by atoms with Gasteiger partial charge < -0.3 is 0 Å². The minimum atomic E-state index is -3.53. The summed E-state index contributed by atoms with van der Waals surface area (Å²) in [7, 11) is -3.53. The van der Waals surface area contributed by atoms with Crippen LogP contribution in [-0.2, 0) is 16.6 Å². The van der Waals surface area contributed by atoms with Gasteiger partial charge in [-0.25, -0.2) is 8.42 Å². The Kier molecular flexibility index (Phi) is 5.31. The van der Waals surface area contributed by atoms with E-state index in [2.05, 4.69) is 4.90 Å². The highest BCUT2D eigenvalue weighted by Crippen LogP contribution is 2.23. The molecule has 7 nitrogen and oxygen atoms in total. The van der Waals surface area contributed by atoms with Gasteiger partial charge in [-0.1, -0.05) is 42.5 Å². The molecule has 0 aliphatic carbocycles. The Morgan fingerprint density at radius 1 is 0.862 bits per heavy atom. The molecule has 0 spiro atoms. The standard InChI is InChI=1S/C21H21N3O4S/c25-24(26)20-8-5-17(6-9-20)16-22-11-13-23(14-12-22)29(27,28)21-10-7-18-3-1-2-4-19(18)15-21/h1-10,15H,11-14,16H2. The maximum Gasteiger partial charge on any atom is 0.269 e. The quantitative estimate of drug-likeness (QED) is 0.475. The zero-order valence-corrected chi connectivity index (χ0v) is 16.6. The Morgan fingerprint density at radius 3 is 2.17 bits per heavy atom. The van der Waals surface area contributed by atoms with Crippen LogP contribution in [0.5, 0.6) is 0 Å². The summed E-state index contributed by atoms with van der Waals surface area (Å²) < 4.78 is 27.6. The first-order valence-corrected chi connectivity index (χ1v) is 10.8. The van der Waals surface area contributed by atoms with Crippen LogP contribution in [0.25, 0.3) is 10.8 Å². The van der Waals surface area contributed by atoms with Crippen LogP contribution in [0.1, 0.15) is 5.56 Å². The van der Waals surface area contributed by atoms with Gasteiger partial charge in [0.25, 0.3) is 5.69 Å². The van der Waals surface area contributed by atoms with Gasteiger partial charge in [0.1, 0.15) is 0 Å².